The van der Waals surface area contributed by atoms with Crippen molar-refractivity contribution in [1.29, 1.82) is 0 Å². The molecule has 0 aliphatic rings. The first kappa shape index (κ1) is 24.2. The van der Waals surface area contributed by atoms with Crippen LogP contribution in [0.5, 0.6) is 5.75 Å². The number of amides is 2. The fraction of sp³-hybridized carbons (Fsp3) is 0.391. The molecule has 0 aliphatic heterocycles. The van der Waals surface area contributed by atoms with Crippen molar-refractivity contribution in [2.75, 3.05) is 19.7 Å². The number of ether oxygens (including phenoxy) is 1. The van der Waals surface area contributed by atoms with Gasteiger partial charge in [0.25, 0.3) is 5.91 Å². The maximum atomic E-state index is 13.0. The summed E-state index contributed by atoms with van der Waals surface area (Å²) in [5.41, 5.74) is 1.11. The second-order valence-electron chi connectivity index (χ2n) is 7.01. The number of halogens is 2. The lowest BCUT2D eigenvalue weighted by atomic mass is 10.1. The predicted molar refractivity (Wildman–Crippen MR) is 124 cm³/mol. The Morgan fingerprint density at radius 3 is 2.60 bits per heavy atom. The summed E-state index contributed by atoms with van der Waals surface area (Å²) < 4.78 is 6.36. The minimum Gasteiger partial charge on any atom is -0.483 e. The zero-order chi connectivity index (χ0) is 21.9. The summed E-state index contributed by atoms with van der Waals surface area (Å²) in [6, 6.07) is 14.4. The molecule has 2 amide bonds. The zero-order valence-electron chi connectivity index (χ0n) is 17.4. The third-order valence-electron chi connectivity index (χ3n) is 4.73. The number of rotatable bonds is 11. The van der Waals surface area contributed by atoms with Gasteiger partial charge in [0.1, 0.15) is 11.8 Å². The molecule has 30 heavy (non-hydrogen) atoms. The Morgan fingerprint density at radius 1 is 1.20 bits per heavy atom. The first-order valence-corrected chi connectivity index (χ1v) is 11.3. The molecule has 0 aromatic heterocycles. The van der Waals surface area contributed by atoms with Crippen LogP contribution < -0.4 is 10.1 Å². The van der Waals surface area contributed by atoms with Gasteiger partial charge < -0.3 is 15.0 Å². The van der Waals surface area contributed by atoms with E-state index in [1.807, 2.05) is 30.3 Å². The first-order chi connectivity index (χ1) is 14.4. The summed E-state index contributed by atoms with van der Waals surface area (Å²) in [5, 5.41) is 3.48. The monoisotopic (exact) mass is 494 g/mol. The fourth-order valence-corrected chi connectivity index (χ4v) is 3.72. The summed E-state index contributed by atoms with van der Waals surface area (Å²) in [6.45, 7) is 4.69. The number of nitrogens with zero attached hydrogens (tertiary/aromatic N) is 1. The molecule has 0 aliphatic carbocycles. The molecule has 0 saturated heterocycles. The molecule has 5 nitrogen and oxygen atoms in total. The molecule has 0 unspecified atom stereocenters. The van der Waals surface area contributed by atoms with Crippen LogP contribution in [0.15, 0.2) is 53.0 Å². The molecule has 7 heteroatoms. The van der Waals surface area contributed by atoms with E-state index in [2.05, 4.69) is 28.2 Å². The molecular formula is C23H28BrClN2O3. The third kappa shape index (κ3) is 7.65. The summed E-state index contributed by atoms with van der Waals surface area (Å²) in [4.78, 5) is 27.1. The zero-order valence-corrected chi connectivity index (χ0v) is 19.7. The van der Waals surface area contributed by atoms with Crippen molar-refractivity contribution in [1.82, 2.24) is 10.2 Å². The van der Waals surface area contributed by atoms with E-state index in [-0.39, 0.29) is 18.4 Å². The molecule has 2 aromatic carbocycles. The van der Waals surface area contributed by atoms with E-state index in [1.165, 1.54) is 0 Å². The van der Waals surface area contributed by atoms with Gasteiger partial charge in [-0.1, -0.05) is 55.3 Å². The third-order valence-corrected chi connectivity index (χ3v) is 5.58. The molecule has 1 atom stereocenters. The van der Waals surface area contributed by atoms with Gasteiger partial charge in [0.15, 0.2) is 6.61 Å². The van der Waals surface area contributed by atoms with Crippen LogP contribution in [0.4, 0.5) is 0 Å². The first-order valence-electron chi connectivity index (χ1n) is 10.1. The number of hydrogen-bond donors (Lipinski definition) is 1. The fourth-order valence-electron chi connectivity index (χ4n) is 2.92. The van der Waals surface area contributed by atoms with Crippen molar-refractivity contribution in [3.8, 4) is 5.75 Å². The SMILES string of the molecule is CCCCNC(=O)[C@H](C)N(CCc1ccccc1)C(=O)COc1ccc(Cl)cc1Br. The second-order valence-corrected chi connectivity index (χ2v) is 8.30. The average molecular weight is 496 g/mol. The van der Waals surface area contributed by atoms with Crippen molar-refractivity contribution in [2.45, 2.75) is 39.2 Å². The second kappa shape index (κ2) is 12.6. The number of nitrogens with one attached hydrogen (secondary N) is 1. The Labute approximate surface area is 191 Å². The molecule has 162 valence electrons. The Morgan fingerprint density at radius 2 is 1.93 bits per heavy atom. The minimum absolute atomic E-state index is 0.155. The normalized spacial score (nSPS) is 11.6. The van der Waals surface area contributed by atoms with Crippen LogP contribution in [-0.4, -0.2) is 42.5 Å². The Balaban J connectivity index is 2.05. The molecule has 0 saturated carbocycles. The van der Waals surface area contributed by atoms with Gasteiger partial charge in [-0.15, -0.1) is 0 Å². The Bertz CT molecular complexity index is 832. The number of carbonyl (C=O) groups excluding carboxylic acids is 2. The van der Waals surface area contributed by atoms with E-state index < -0.39 is 6.04 Å². The lowest BCUT2D eigenvalue weighted by molar-refractivity contribution is -0.141. The van der Waals surface area contributed by atoms with Gasteiger partial charge in [0.05, 0.1) is 4.47 Å². The van der Waals surface area contributed by atoms with Crippen molar-refractivity contribution in [3.63, 3.8) is 0 Å². The van der Waals surface area contributed by atoms with Crippen LogP contribution in [0.3, 0.4) is 0 Å². The summed E-state index contributed by atoms with van der Waals surface area (Å²) in [5.74, 6) is 0.124. The minimum atomic E-state index is -0.588. The van der Waals surface area contributed by atoms with E-state index in [4.69, 9.17) is 16.3 Å². The molecular weight excluding hydrogens is 468 g/mol. The van der Waals surface area contributed by atoms with E-state index in [0.29, 0.717) is 34.8 Å². The molecule has 0 bridgehead atoms. The lowest BCUT2D eigenvalue weighted by Crippen LogP contribution is -2.50. The van der Waals surface area contributed by atoms with E-state index in [9.17, 15) is 9.59 Å². The van der Waals surface area contributed by atoms with Gasteiger partial charge in [-0.05, 0) is 59.5 Å². The number of benzene rings is 2. The smallest absolute Gasteiger partial charge is 0.261 e. The van der Waals surface area contributed by atoms with E-state index in [0.717, 1.165) is 18.4 Å². The van der Waals surface area contributed by atoms with Crippen LogP contribution in [-0.2, 0) is 16.0 Å². The van der Waals surface area contributed by atoms with Crippen LogP contribution in [0, 0.1) is 0 Å². The largest absolute Gasteiger partial charge is 0.483 e. The molecule has 0 fully saturated rings. The van der Waals surface area contributed by atoms with Crippen LogP contribution in [0.1, 0.15) is 32.3 Å². The highest BCUT2D eigenvalue weighted by Crippen LogP contribution is 2.28. The Hall–Kier alpha value is -2.05. The Kier molecular flexibility index (Phi) is 10.2. The highest BCUT2D eigenvalue weighted by atomic mass is 79.9. The van der Waals surface area contributed by atoms with Gasteiger partial charge >= 0.3 is 0 Å². The maximum Gasteiger partial charge on any atom is 0.261 e. The average Bonchev–Trinajstić information content (AvgIpc) is 2.74. The highest BCUT2D eigenvalue weighted by Gasteiger charge is 2.26. The summed E-state index contributed by atoms with van der Waals surface area (Å²) in [6.07, 6.45) is 2.56. The van der Waals surface area contributed by atoms with Gasteiger partial charge in [-0.25, -0.2) is 0 Å². The number of carbonyl (C=O) groups is 2. The molecule has 0 spiro atoms. The summed E-state index contributed by atoms with van der Waals surface area (Å²) >= 11 is 9.34. The number of hydrogen-bond acceptors (Lipinski definition) is 3. The van der Waals surface area contributed by atoms with Gasteiger partial charge in [-0.2, -0.15) is 0 Å². The van der Waals surface area contributed by atoms with Crippen molar-refractivity contribution in [3.05, 3.63) is 63.6 Å². The van der Waals surface area contributed by atoms with Crippen molar-refractivity contribution >= 4 is 39.3 Å². The molecule has 0 radical (unpaired) electrons. The van der Waals surface area contributed by atoms with Gasteiger partial charge in [-0.3, -0.25) is 9.59 Å². The van der Waals surface area contributed by atoms with Crippen LogP contribution in [0.25, 0.3) is 0 Å². The van der Waals surface area contributed by atoms with Gasteiger partial charge in [0, 0.05) is 18.1 Å². The summed E-state index contributed by atoms with van der Waals surface area (Å²) in [7, 11) is 0. The highest BCUT2D eigenvalue weighted by molar-refractivity contribution is 9.10. The van der Waals surface area contributed by atoms with Gasteiger partial charge in [0.2, 0.25) is 5.91 Å². The van der Waals surface area contributed by atoms with Crippen LogP contribution in [0.2, 0.25) is 5.02 Å². The molecule has 2 rings (SSSR count). The molecule has 1 N–H and O–H groups in total. The van der Waals surface area contributed by atoms with Crippen molar-refractivity contribution < 1.29 is 14.3 Å². The topological polar surface area (TPSA) is 58.6 Å². The molecule has 0 heterocycles. The predicted octanol–water partition coefficient (Wildman–Crippen LogP) is 4.86. The number of unbranched alkanes of at least 4 members (excludes halogenated alkanes) is 1. The van der Waals surface area contributed by atoms with Crippen LogP contribution >= 0.6 is 27.5 Å². The van der Waals surface area contributed by atoms with E-state index >= 15 is 0 Å². The lowest BCUT2D eigenvalue weighted by Gasteiger charge is -2.28. The van der Waals surface area contributed by atoms with E-state index in [1.54, 1.807) is 30.0 Å². The standard InChI is InChI=1S/C23H28BrClN2O3/c1-3-4-13-26-23(29)17(2)27(14-12-18-8-6-5-7-9-18)22(28)16-30-21-11-10-19(25)15-20(21)24/h5-11,15,17H,3-4,12-14,16H2,1-2H3,(H,26,29)/t17-/m0/s1. The van der Waals surface area contributed by atoms with Crippen molar-refractivity contribution in [2.24, 2.45) is 0 Å². The molecule has 2 aromatic rings. The maximum absolute atomic E-state index is 13.0. The quantitative estimate of drug-likeness (QED) is 0.453.